The minimum Gasteiger partial charge on any atom is -0.333 e. The number of amides is 1. The molecular formula is C37H26Br2ClN3O3. The van der Waals surface area contributed by atoms with Crippen molar-refractivity contribution < 1.29 is 14.4 Å². The van der Waals surface area contributed by atoms with E-state index < -0.39 is 23.4 Å². The number of rotatable bonds is 7. The summed E-state index contributed by atoms with van der Waals surface area (Å²) in [5, 5.41) is 3.65. The van der Waals surface area contributed by atoms with Crippen LogP contribution in [0.4, 0.5) is 11.5 Å². The van der Waals surface area contributed by atoms with Crippen molar-refractivity contribution in [3.63, 3.8) is 0 Å². The van der Waals surface area contributed by atoms with Crippen LogP contribution in [-0.2, 0) is 10.3 Å². The molecule has 46 heavy (non-hydrogen) atoms. The van der Waals surface area contributed by atoms with Gasteiger partial charge in [0.05, 0.1) is 5.92 Å². The predicted octanol–water partition coefficient (Wildman–Crippen LogP) is 8.85. The van der Waals surface area contributed by atoms with Crippen LogP contribution in [0.25, 0.3) is 0 Å². The van der Waals surface area contributed by atoms with Gasteiger partial charge in [-0.2, -0.15) is 0 Å². The van der Waals surface area contributed by atoms with Gasteiger partial charge in [0.1, 0.15) is 5.82 Å². The number of para-hydroxylation sites is 1. The molecular weight excluding hydrogens is 730 g/mol. The fraction of sp³-hybridized carbons (Fsp3) is 0.135. The van der Waals surface area contributed by atoms with Crippen LogP contribution in [0.2, 0.25) is 5.02 Å². The molecule has 4 atom stereocenters. The first-order chi connectivity index (χ1) is 22.3. The van der Waals surface area contributed by atoms with E-state index in [1.807, 2.05) is 77.7 Å². The van der Waals surface area contributed by atoms with Crippen LogP contribution < -0.4 is 10.2 Å². The summed E-state index contributed by atoms with van der Waals surface area (Å²) < 4.78 is 1.69. The van der Waals surface area contributed by atoms with E-state index in [-0.39, 0.29) is 23.9 Å². The summed E-state index contributed by atoms with van der Waals surface area (Å²) in [5.74, 6) is -1.66. The summed E-state index contributed by atoms with van der Waals surface area (Å²) in [6.45, 7) is 0. The zero-order chi connectivity index (χ0) is 32.0. The molecule has 9 heteroatoms. The number of fused-ring (bicyclic) bond motifs is 2. The van der Waals surface area contributed by atoms with Gasteiger partial charge in [-0.3, -0.25) is 14.4 Å². The van der Waals surface area contributed by atoms with Crippen molar-refractivity contribution in [1.82, 2.24) is 4.98 Å². The molecule has 0 saturated carbocycles. The van der Waals surface area contributed by atoms with E-state index in [9.17, 15) is 14.4 Å². The third kappa shape index (κ3) is 5.09. The lowest BCUT2D eigenvalue weighted by Crippen LogP contribution is -2.53. The Balaban J connectivity index is 1.53. The fourth-order valence-electron chi connectivity index (χ4n) is 7.13. The first-order valence-electron chi connectivity index (χ1n) is 14.7. The molecule has 228 valence electrons. The number of hydrogen-bond donors (Lipinski definition) is 1. The van der Waals surface area contributed by atoms with Gasteiger partial charge in [-0.1, -0.05) is 104 Å². The van der Waals surface area contributed by atoms with Gasteiger partial charge in [0.15, 0.2) is 17.1 Å². The van der Waals surface area contributed by atoms with E-state index in [2.05, 4.69) is 37.2 Å². The Labute approximate surface area is 288 Å². The lowest BCUT2D eigenvalue weighted by molar-refractivity contribution is -0.121. The number of carbonyl (C=O) groups excluding carboxylic acids is 3. The molecule has 6 nitrogen and oxygen atoms in total. The van der Waals surface area contributed by atoms with Crippen LogP contribution in [0.5, 0.6) is 0 Å². The van der Waals surface area contributed by atoms with Crippen LogP contribution in [0.1, 0.15) is 44.2 Å². The van der Waals surface area contributed by atoms with Gasteiger partial charge in [0, 0.05) is 60.9 Å². The minimum absolute atomic E-state index is 0.0353. The summed E-state index contributed by atoms with van der Waals surface area (Å²) in [4.78, 5) is 50.6. The van der Waals surface area contributed by atoms with E-state index in [0.717, 1.165) is 20.1 Å². The van der Waals surface area contributed by atoms with Crippen molar-refractivity contribution in [2.75, 3.05) is 10.2 Å². The summed E-state index contributed by atoms with van der Waals surface area (Å²) in [6.07, 6.45) is 1.63. The maximum atomic E-state index is 15.0. The first kappa shape index (κ1) is 30.5. The minimum atomic E-state index is -1.42. The number of carbonyl (C=O) groups is 3. The highest BCUT2D eigenvalue weighted by atomic mass is 79.9. The number of aromatic nitrogens is 1. The number of hydrogen-bond acceptors (Lipinski definition) is 5. The third-order valence-electron chi connectivity index (χ3n) is 8.98. The van der Waals surface area contributed by atoms with Crippen molar-refractivity contribution in [1.29, 1.82) is 0 Å². The van der Waals surface area contributed by atoms with Gasteiger partial charge < -0.3 is 10.2 Å². The molecule has 7 rings (SSSR count). The van der Waals surface area contributed by atoms with Crippen molar-refractivity contribution in [2.45, 2.75) is 23.9 Å². The molecule has 0 aliphatic carbocycles. The van der Waals surface area contributed by atoms with Crippen LogP contribution in [0.3, 0.4) is 0 Å². The highest BCUT2D eigenvalue weighted by molar-refractivity contribution is 9.10. The molecule has 0 radical (unpaired) electrons. The average molecular weight is 756 g/mol. The van der Waals surface area contributed by atoms with E-state index in [4.69, 9.17) is 16.6 Å². The number of anilines is 2. The normalized spacial score (nSPS) is 21.7. The Bertz CT molecular complexity index is 1950. The van der Waals surface area contributed by atoms with Crippen molar-refractivity contribution in [3.8, 4) is 0 Å². The van der Waals surface area contributed by atoms with Crippen LogP contribution >= 0.6 is 43.5 Å². The van der Waals surface area contributed by atoms with Crippen LogP contribution in [0.15, 0.2) is 130 Å². The Morgan fingerprint density at radius 2 is 1.43 bits per heavy atom. The third-order valence-corrected chi connectivity index (χ3v) is 10.3. The smallest absolute Gasteiger partial charge is 0.255 e. The lowest BCUT2D eigenvalue weighted by atomic mass is 9.69. The number of pyridine rings is 1. The monoisotopic (exact) mass is 753 g/mol. The van der Waals surface area contributed by atoms with Crippen molar-refractivity contribution in [3.05, 3.63) is 158 Å². The SMILES string of the molecule is O=C(CC1C(C(=O)c2ccc(Br)cc2)C(c2ccc(Cl)cc2)C2(C(=O)Nc3ccccc32)N1c1ccccn1)c1ccc(Br)cc1. The molecule has 1 aromatic heterocycles. The summed E-state index contributed by atoms with van der Waals surface area (Å²) in [6, 6.07) is 34.0. The molecule has 2 aliphatic heterocycles. The predicted molar refractivity (Wildman–Crippen MR) is 186 cm³/mol. The average Bonchev–Trinajstić information content (AvgIpc) is 3.53. The summed E-state index contributed by atoms with van der Waals surface area (Å²) >= 11 is 13.3. The standard InChI is InChI=1S/C37H26Br2ClN3O3/c38-25-14-8-22(9-15-25)31(44)21-30-33(35(45)24-10-16-26(39)17-11-24)34(23-12-18-27(40)19-13-23)37(43(30)32-7-3-4-20-41-32)28-5-1-2-6-29(28)42-36(37)46/h1-20,30,33-34H,21H2,(H,42,46). The molecule has 1 fully saturated rings. The largest absolute Gasteiger partial charge is 0.333 e. The number of ketones is 2. The van der Waals surface area contributed by atoms with E-state index in [1.165, 1.54) is 0 Å². The maximum Gasteiger partial charge on any atom is 0.255 e. The second kappa shape index (κ2) is 12.2. The number of nitrogens with zero attached hydrogens (tertiary/aromatic N) is 2. The van der Waals surface area contributed by atoms with Crippen LogP contribution in [0, 0.1) is 5.92 Å². The van der Waals surface area contributed by atoms with Gasteiger partial charge in [-0.25, -0.2) is 4.98 Å². The summed E-state index contributed by atoms with van der Waals surface area (Å²) in [5.41, 5.74) is 1.71. The zero-order valence-electron chi connectivity index (χ0n) is 24.2. The highest BCUT2D eigenvalue weighted by Gasteiger charge is 2.68. The molecule has 5 aromatic rings. The number of halogens is 3. The summed E-state index contributed by atoms with van der Waals surface area (Å²) in [7, 11) is 0. The molecule has 1 spiro atoms. The Morgan fingerprint density at radius 3 is 2.09 bits per heavy atom. The zero-order valence-corrected chi connectivity index (χ0v) is 28.2. The van der Waals surface area contributed by atoms with Crippen molar-refractivity contribution in [2.24, 2.45) is 5.92 Å². The second-order valence-electron chi connectivity index (χ2n) is 11.5. The number of benzene rings is 4. The molecule has 3 heterocycles. The second-order valence-corrected chi connectivity index (χ2v) is 13.7. The van der Waals surface area contributed by atoms with E-state index in [0.29, 0.717) is 27.7 Å². The van der Waals surface area contributed by atoms with Gasteiger partial charge in [-0.05, 0) is 60.2 Å². The quantitative estimate of drug-likeness (QED) is 0.168. The molecule has 4 aromatic carbocycles. The Morgan fingerprint density at radius 1 is 0.804 bits per heavy atom. The molecule has 1 N–H and O–H groups in total. The maximum absolute atomic E-state index is 15.0. The van der Waals surface area contributed by atoms with Gasteiger partial charge >= 0.3 is 0 Å². The Hall–Kier alpha value is -4.11. The van der Waals surface area contributed by atoms with Gasteiger partial charge in [0.25, 0.3) is 5.91 Å². The molecule has 4 unspecified atom stereocenters. The number of Topliss-reactive ketones (excluding diaryl/α,β-unsaturated/α-hetero) is 2. The molecule has 1 amide bonds. The van der Waals surface area contributed by atoms with Gasteiger partial charge in [0.2, 0.25) is 0 Å². The number of nitrogens with one attached hydrogen (secondary N) is 1. The molecule has 0 bridgehead atoms. The first-order valence-corrected chi connectivity index (χ1v) is 16.7. The van der Waals surface area contributed by atoms with E-state index in [1.54, 1.807) is 48.7 Å². The Kier molecular flexibility index (Phi) is 8.13. The lowest BCUT2D eigenvalue weighted by Gasteiger charge is -2.40. The fourth-order valence-corrected chi connectivity index (χ4v) is 7.78. The van der Waals surface area contributed by atoms with Gasteiger partial charge in [-0.15, -0.1) is 0 Å². The topological polar surface area (TPSA) is 79.4 Å². The molecule has 1 saturated heterocycles. The van der Waals surface area contributed by atoms with E-state index >= 15 is 0 Å². The van der Waals surface area contributed by atoms with Crippen molar-refractivity contribution >= 4 is 72.4 Å². The highest BCUT2D eigenvalue weighted by Crippen LogP contribution is 2.61. The molecule has 2 aliphatic rings. The van der Waals surface area contributed by atoms with Crippen LogP contribution in [-0.4, -0.2) is 28.5 Å².